The van der Waals surface area contributed by atoms with Gasteiger partial charge in [-0.15, -0.1) is 0 Å². The fourth-order valence-corrected chi connectivity index (χ4v) is 2.70. The van der Waals surface area contributed by atoms with Crippen molar-refractivity contribution >= 4 is 28.5 Å². The van der Waals surface area contributed by atoms with Gasteiger partial charge < -0.3 is 21.2 Å². The largest absolute Gasteiger partial charge is 0.487 e. The molecule has 0 aliphatic carbocycles. The number of carbonyl (C=O) groups is 1. The first kappa shape index (κ1) is 20.1. The molecule has 0 aliphatic heterocycles. The number of guanidine groups is 1. The lowest BCUT2D eigenvalue weighted by atomic mass is 10.1. The number of hydrogen-bond donors (Lipinski definition) is 4. The number of nitrogens with two attached hydrogens (primary N) is 2. The number of aromatic nitrogens is 1. The summed E-state index contributed by atoms with van der Waals surface area (Å²) in [4.78, 5) is 18.5. The Kier molecular flexibility index (Phi) is 5.35. The molecule has 0 unspecified atom stereocenters. The quantitative estimate of drug-likeness (QED) is 0.303. The van der Waals surface area contributed by atoms with Gasteiger partial charge in [-0.25, -0.2) is 0 Å². The van der Waals surface area contributed by atoms with Crippen molar-refractivity contribution in [2.75, 3.05) is 12.8 Å². The first-order valence-electron chi connectivity index (χ1n) is 8.42. The van der Waals surface area contributed by atoms with E-state index in [4.69, 9.17) is 16.2 Å². The Balaban J connectivity index is 1.99. The fraction of sp³-hybridized carbons (Fsp3) is 0.158. The Morgan fingerprint density at radius 2 is 1.90 bits per heavy atom. The van der Waals surface area contributed by atoms with Crippen molar-refractivity contribution in [2.45, 2.75) is 12.8 Å². The van der Waals surface area contributed by atoms with E-state index >= 15 is 0 Å². The number of nitrogens with zero attached hydrogens (tertiary/aromatic N) is 1. The van der Waals surface area contributed by atoms with Gasteiger partial charge >= 0.3 is 6.18 Å². The van der Waals surface area contributed by atoms with Gasteiger partial charge in [0.1, 0.15) is 18.1 Å². The van der Waals surface area contributed by atoms with Crippen LogP contribution >= 0.6 is 0 Å². The molecule has 0 bridgehead atoms. The normalized spacial score (nSPS) is 12.2. The second kappa shape index (κ2) is 7.74. The summed E-state index contributed by atoms with van der Waals surface area (Å²) >= 11 is 0. The van der Waals surface area contributed by atoms with Crippen molar-refractivity contribution in [1.29, 1.82) is 0 Å². The number of aliphatic imine (C=N–C) groups is 1. The van der Waals surface area contributed by atoms with Crippen LogP contribution in [0.5, 0.6) is 5.75 Å². The summed E-state index contributed by atoms with van der Waals surface area (Å²) in [6.45, 7) is 0.108. The maximum absolute atomic E-state index is 13.4. The Bertz CT molecular complexity index is 1070. The van der Waals surface area contributed by atoms with Crippen LogP contribution in [0.2, 0.25) is 0 Å². The summed E-state index contributed by atoms with van der Waals surface area (Å²) < 4.78 is 45.9. The van der Waals surface area contributed by atoms with E-state index in [0.717, 1.165) is 17.7 Å². The summed E-state index contributed by atoms with van der Waals surface area (Å²) in [6, 6.07) is 10.1. The average Bonchev–Trinajstić information content (AvgIpc) is 3.11. The van der Waals surface area contributed by atoms with Gasteiger partial charge in [-0.2, -0.15) is 13.2 Å². The average molecular weight is 405 g/mol. The van der Waals surface area contributed by atoms with E-state index in [1.54, 1.807) is 24.3 Å². The SMILES string of the molecule is CN=C(N)NC(=O)c1cc2c(C(F)(F)F)ccc(OCc3ccc(N)cc3)c2[nH]1. The predicted molar refractivity (Wildman–Crippen MR) is 103 cm³/mol. The molecule has 3 aromatic rings. The van der Waals surface area contributed by atoms with Crippen molar-refractivity contribution in [3.63, 3.8) is 0 Å². The smallest absolute Gasteiger partial charge is 0.417 e. The highest BCUT2D eigenvalue weighted by Crippen LogP contribution is 2.38. The molecule has 0 atom stereocenters. The number of hydrogen-bond acceptors (Lipinski definition) is 4. The number of ether oxygens (including phenoxy) is 1. The Hall–Kier alpha value is -3.69. The van der Waals surface area contributed by atoms with Crippen molar-refractivity contribution < 1.29 is 22.7 Å². The lowest BCUT2D eigenvalue weighted by Gasteiger charge is -2.12. The van der Waals surface area contributed by atoms with Gasteiger partial charge in [0, 0.05) is 18.1 Å². The van der Waals surface area contributed by atoms with E-state index < -0.39 is 17.6 Å². The standard InChI is InChI=1S/C19H18F3N5O2/c1-25-18(24)27-17(28)14-8-12-13(19(20,21)22)6-7-15(16(12)26-14)29-9-10-2-4-11(23)5-3-10/h2-8,26H,9,23H2,1H3,(H3,24,25,27,28). The highest BCUT2D eigenvalue weighted by Gasteiger charge is 2.34. The Morgan fingerprint density at radius 1 is 1.21 bits per heavy atom. The van der Waals surface area contributed by atoms with Crippen LogP contribution in [0.3, 0.4) is 0 Å². The van der Waals surface area contributed by atoms with Crippen molar-refractivity contribution in [1.82, 2.24) is 10.3 Å². The Labute approximate surface area is 163 Å². The number of benzene rings is 2. The molecule has 1 aromatic heterocycles. The number of nitrogen functional groups attached to an aromatic ring is 1. The topological polar surface area (TPSA) is 119 Å². The molecule has 0 spiro atoms. The molecule has 0 saturated heterocycles. The molecular formula is C19H18F3N5O2. The number of aromatic amines is 1. The van der Waals surface area contributed by atoms with E-state index in [2.05, 4.69) is 15.3 Å². The third-order valence-electron chi connectivity index (χ3n) is 4.16. The summed E-state index contributed by atoms with van der Waals surface area (Å²) in [5, 5.41) is 2.08. The molecule has 1 heterocycles. The van der Waals surface area contributed by atoms with E-state index in [1.807, 2.05) is 0 Å². The predicted octanol–water partition coefficient (Wildman–Crippen LogP) is 3.02. The third-order valence-corrected chi connectivity index (χ3v) is 4.16. The molecule has 0 aliphatic rings. The van der Waals surface area contributed by atoms with Gasteiger partial charge in [-0.1, -0.05) is 12.1 Å². The van der Waals surface area contributed by atoms with Gasteiger partial charge in [0.05, 0.1) is 11.1 Å². The zero-order valence-electron chi connectivity index (χ0n) is 15.3. The van der Waals surface area contributed by atoms with Gasteiger partial charge in [-0.3, -0.25) is 15.1 Å². The first-order chi connectivity index (χ1) is 13.7. The number of rotatable bonds is 4. The van der Waals surface area contributed by atoms with E-state index in [-0.39, 0.29) is 34.9 Å². The number of H-pyrrole nitrogens is 1. The van der Waals surface area contributed by atoms with Crippen molar-refractivity contribution in [3.05, 3.63) is 59.3 Å². The van der Waals surface area contributed by atoms with Gasteiger partial charge in [0.2, 0.25) is 0 Å². The minimum absolute atomic E-state index is 0.0485. The molecule has 6 N–H and O–H groups in total. The minimum atomic E-state index is -4.60. The lowest BCUT2D eigenvalue weighted by Crippen LogP contribution is -2.36. The highest BCUT2D eigenvalue weighted by molar-refractivity contribution is 6.07. The van der Waals surface area contributed by atoms with Crippen LogP contribution < -0.4 is 21.5 Å². The summed E-state index contributed by atoms with van der Waals surface area (Å²) in [6.07, 6.45) is -4.60. The summed E-state index contributed by atoms with van der Waals surface area (Å²) in [5.41, 5.74) is 11.5. The van der Waals surface area contributed by atoms with Crippen LogP contribution in [0.15, 0.2) is 47.5 Å². The van der Waals surface area contributed by atoms with Crippen LogP contribution in [0.4, 0.5) is 18.9 Å². The number of anilines is 1. The molecule has 0 radical (unpaired) electrons. The van der Waals surface area contributed by atoms with Crippen LogP contribution in [0.1, 0.15) is 21.6 Å². The van der Waals surface area contributed by atoms with Crippen LogP contribution in [-0.4, -0.2) is 23.9 Å². The zero-order chi connectivity index (χ0) is 21.2. The fourth-order valence-electron chi connectivity index (χ4n) is 2.70. The molecule has 152 valence electrons. The maximum Gasteiger partial charge on any atom is 0.417 e. The molecule has 0 fully saturated rings. The summed E-state index contributed by atoms with van der Waals surface area (Å²) in [5.74, 6) is -0.715. The molecular weight excluding hydrogens is 387 g/mol. The van der Waals surface area contributed by atoms with Crippen LogP contribution in [0.25, 0.3) is 10.9 Å². The second-order valence-electron chi connectivity index (χ2n) is 6.17. The molecule has 7 nitrogen and oxygen atoms in total. The minimum Gasteiger partial charge on any atom is -0.487 e. The number of nitrogens with one attached hydrogen (secondary N) is 2. The third kappa shape index (κ3) is 4.42. The number of alkyl halides is 3. The maximum atomic E-state index is 13.4. The molecule has 0 saturated carbocycles. The second-order valence-corrected chi connectivity index (χ2v) is 6.17. The molecule has 3 rings (SSSR count). The Morgan fingerprint density at radius 3 is 2.52 bits per heavy atom. The summed E-state index contributed by atoms with van der Waals surface area (Å²) in [7, 11) is 1.37. The molecule has 2 aromatic carbocycles. The van der Waals surface area contributed by atoms with E-state index in [1.165, 1.54) is 13.1 Å². The number of fused-ring (bicyclic) bond motifs is 1. The zero-order valence-corrected chi connectivity index (χ0v) is 15.3. The van der Waals surface area contributed by atoms with Crippen molar-refractivity contribution in [3.8, 4) is 5.75 Å². The first-order valence-corrected chi connectivity index (χ1v) is 8.42. The van der Waals surface area contributed by atoms with E-state index in [9.17, 15) is 18.0 Å². The number of carbonyl (C=O) groups excluding carboxylic acids is 1. The molecule has 10 heteroatoms. The van der Waals surface area contributed by atoms with Gasteiger partial charge in [0.25, 0.3) is 5.91 Å². The van der Waals surface area contributed by atoms with Crippen LogP contribution in [-0.2, 0) is 12.8 Å². The van der Waals surface area contributed by atoms with E-state index in [0.29, 0.717) is 5.69 Å². The number of halogens is 3. The number of amides is 1. The lowest BCUT2D eigenvalue weighted by molar-refractivity contribution is -0.136. The molecule has 1 amide bonds. The molecule has 29 heavy (non-hydrogen) atoms. The van der Waals surface area contributed by atoms with Gasteiger partial charge in [0.15, 0.2) is 5.96 Å². The highest BCUT2D eigenvalue weighted by atomic mass is 19.4. The van der Waals surface area contributed by atoms with Crippen LogP contribution in [0, 0.1) is 0 Å². The van der Waals surface area contributed by atoms with Gasteiger partial charge in [-0.05, 0) is 35.9 Å². The monoisotopic (exact) mass is 405 g/mol. The van der Waals surface area contributed by atoms with Crippen molar-refractivity contribution in [2.24, 2.45) is 10.7 Å².